The van der Waals surface area contributed by atoms with Gasteiger partial charge in [-0.05, 0) is 47.2 Å². The molecule has 0 aliphatic heterocycles. The van der Waals surface area contributed by atoms with E-state index in [2.05, 4.69) is 4.99 Å². The topological polar surface area (TPSA) is 38.7 Å². The first-order valence-corrected chi connectivity index (χ1v) is 11.4. The van der Waals surface area contributed by atoms with E-state index in [-0.39, 0.29) is 0 Å². The van der Waals surface area contributed by atoms with E-state index in [0.29, 0.717) is 26.2 Å². The molecule has 0 spiro atoms. The number of fused-ring (bicyclic) bond motifs is 2. The van der Waals surface area contributed by atoms with Crippen molar-refractivity contribution in [2.45, 2.75) is 0 Å². The lowest BCUT2D eigenvalue weighted by Crippen LogP contribution is -2.09. The molecule has 0 aliphatic rings. The fraction of sp³-hybridized carbons (Fsp3) is 0. The summed E-state index contributed by atoms with van der Waals surface area (Å²) in [4.78, 5) is 18.0. The average molecular weight is 476 g/mol. The van der Waals surface area contributed by atoms with Crippen LogP contribution in [0.1, 0.15) is 15.2 Å². The number of ether oxygens (including phenoxy) is 1. The molecule has 5 aromatic rings. The van der Waals surface area contributed by atoms with Crippen LogP contribution in [0, 0.1) is 0 Å². The minimum absolute atomic E-state index is 0.376. The molecule has 6 heteroatoms. The van der Waals surface area contributed by atoms with Crippen molar-refractivity contribution in [2.75, 3.05) is 0 Å². The number of halogens is 2. The lowest BCUT2D eigenvalue weighted by Gasteiger charge is -2.10. The lowest BCUT2D eigenvalue weighted by molar-refractivity contribution is 0.0740. The number of carbonyl (C=O) groups is 1. The van der Waals surface area contributed by atoms with Gasteiger partial charge in [-0.3, -0.25) is 4.99 Å². The van der Waals surface area contributed by atoms with E-state index >= 15 is 0 Å². The summed E-state index contributed by atoms with van der Waals surface area (Å²) in [6, 6.07) is 26.4. The average Bonchev–Trinajstić information content (AvgIpc) is 3.16. The first-order chi connectivity index (χ1) is 15.6. The van der Waals surface area contributed by atoms with Gasteiger partial charge in [0.05, 0.1) is 10.7 Å². The number of hydrogen-bond acceptors (Lipinski definition) is 4. The van der Waals surface area contributed by atoms with Crippen LogP contribution in [0.4, 0.5) is 5.69 Å². The summed E-state index contributed by atoms with van der Waals surface area (Å²) in [5.41, 5.74) is 1.45. The fourth-order valence-corrected chi connectivity index (χ4v) is 4.97. The van der Waals surface area contributed by atoms with E-state index in [0.717, 1.165) is 26.5 Å². The third kappa shape index (κ3) is 4.00. The van der Waals surface area contributed by atoms with Gasteiger partial charge in [-0.2, -0.15) is 0 Å². The highest BCUT2D eigenvalue weighted by Crippen LogP contribution is 2.36. The molecule has 0 saturated carbocycles. The zero-order valence-electron chi connectivity index (χ0n) is 16.6. The van der Waals surface area contributed by atoms with Crippen molar-refractivity contribution < 1.29 is 9.53 Å². The first kappa shape index (κ1) is 20.7. The maximum absolute atomic E-state index is 13.0. The zero-order valence-corrected chi connectivity index (χ0v) is 18.9. The molecule has 3 nitrogen and oxygen atoms in total. The van der Waals surface area contributed by atoms with Gasteiger partial charge in [-0.1, -0.05) is 71.7 Å². The first-order valence-electron chi connectivity index (χ1n) is 9.81. The molecule has 5 rings (SSSR count). The Kier molecular flexibility index (Phi) is 5.66. The Morgan fingerprint density at radius 3 is 2.34 bits per heavy atom. The van der Waals surface area contributed by atoms with E-state index in [9.17, 15) is 4.79 Å². The highest BCUT2D eigenvalue weighted by molar-refractivity contribution is 7.21. The van der Waals surface area contributed by atoms with Crippen LogP contribution in [0.15, 0.2) is 89.9 Å². The molecule has 0 aliphatic carbocycles. The third-order valence-corrected chi connectivity index (χ3v) is 6.93. The van der Waals surface area contributed by atoms with Crippen LogP contribution in [0.5, 0.6) is 5.75 Å². The van der Waals surface area contributed by atoms with Gasteiger partial charge in [0.2, 0.25) is 0 Å². The Balaban J connectivity index is 1.55. The van der Waals surface area contributed by atoms with Crippen molar-refractivity contribution in [1.82, 2.24) is 0 Å². The predicted octanol–water partition coefficient (Wildman–Crippen LogP) is 8.33. The van der Waals surface area contributed by atoms with Crippen molar-refractivity contribution >= 4 is 73.3 Å². The largest absolute Gasteiger partial charge is 0.422 e. The number of aliphatic imine (C=N–C) groups is 1. The molecule has 4 aromatic carbocycles. The van der Waals surface area contributed by atoms with Crippen LogP contribution >= 0.6 is 34.5 Å². The van der Waals surface area contributed by atoms with Gasteiger partial charge < -0.3 is 4.74 Å². The Morgan fingerprint density at radius 1 is 0.844 bits per heavy atom. The van der Waals surface area contributed by atoms with E-state index in [1.165, 1.54) is 11.3 Å². The number of rotatable bonds is 4. The molecule has 0 N–H and O–H groups in total. The second-order valence-electron chi connectivity index (χ2n) is 7.06. The Labute approximate surface area is 198 Å². The molecule has 32 heavy (non-hydrogen) atoms. The maximum Gasteiger partial charge on any atom is 0.355 e. The predicted molar refractivity (Wildman–Crippen MR) is 134 cm³/mol. The SMILES string of the molecule is O=C(Oc1ccc2ccccc2c1C=Nc1ccc(Cl)cc1)c1sc2ccccc2c1Cl. The number of benzene rings is 4. The summed E-state index contributed by atoms with van der Waals surface area (Å²) in [6.07, 6.45) is 1.71. The molecule has 0 atom stereocenters. The highest BCUT2D eigenvalue weighted by atomic mass is 35.5. The molecule has 1 heterocycles. The molecule has 156 valence electrons. The van der Waals surface area contributed by atoms with E-state index in [1.54, 1.807) is 24.4 Å². The van der Waals surface area contributed by atoms with Crippen molar-refractivity contribution in [3.63, 3.8) is 0 Å². The summed E-state index contributed by atoms with van der Waals surface area (Å²) in [5.74, 6) is -0.0763. The van der Waals surface area contributed by atoms with Crippen LogP contribution in [0.25, 0.3) is 20.9 Å². The van der Waals surface area contributed by atoms with Crippen LogP contribution in [0.2, 0.25) is 10.0 Å². The standard InChI is InChI=1S/C26H15Cl2NO2S/c27-17-10-12-18(13-11-17)29-15-21-19-6-2-1-5-16(19)9-14-22(21)31-26(30)25-24(28)20-7-3-4-8-23(20)32-25/h1-15H. The summed E-state index contributed by atoms with van der Waals surface area (Å²) in [7, 11) is 0. The molecule has 0 radical (unpaired) electrons. The summed E-state index contributed by atoms with van der Waals surface area (Å²) < 4.78 is 6.77. The second kappa shape index (κ2) is 8.75. The minimum atomic E-state index is -0.493. The van der Waals surface area contributed by atoms with Gasteiger partial charge >= 0.3 is 5.97 Å². The fourth-order valence-electron chi connectivity index (χ4n) is 3.46. The van der Waals surface area contributed by atoms with Gasteiger partial charge in [0.25, 0.3) is 0 Å². The summed E-state index contributed by atoms with van der Waals surface area (Å²) in [5, 5.41) is 3.84. The van der Waals surface area contributed by atoms with Crippen molar-refractivity contribution in [3.8, 4) is 5.75 Å². The summed E-state index contributed by atoms with van der Waals surface area (Å²) >= 11 is 13.8. The Bertz CT molecular complexity index is 1490. The summed E-state index contributed by atoms with van der Waals surface area (Å²) in [6.45, 7) is 0. The van der Waals surface area contributed by atoms with Crippen LogP contribution < -0.4 is 4.74 Å². The van der Waals surface area contributed by atoms with E-state index < -0.39 is 5.97 Å². The molecule has 0 fully saturated rings. The third-order valence-electron chi connectivity index (χ3n) is 5.02. The number of carbonyl (C=O) groups excluding carboxylic acids is 1. The number of hydrogen-bond donors (Lipinski definition) is 0. The molecule has 1 aromatic heterocycles. The number of esters is 1. The minimum Gasteiger partial charge on any atom is -0.422 e. The maximum atomic E-state index is 13.0. The molecular weight excluding hydrogens is 461 g/mol. The van der Waals surface area contributed by atoms with Crippen LogP contribution in [-0.4, -0.2) is 12.2 Å². The molecule has 0 amide bonds. The smallest absolute Gasteiger partial charge is 0.355 e. The normalized spacial score (nSPS) is 11.4. The molecular formula is C26H15Cl2NO2S. The molecule has 0 bridgehead atoms. The lowest BCUT2D eigenvalue weighted by atomic mass is 10.0. The Morgan fingerprint density at radius 2 is 1.56 bits per heavy atom. The number of nitrogens with zero attached hydrogens (tertiary/aromatic N) is 1. The van der Waals surface area contributed by atoms with Gasteiger partial charge in [0.1, 0.15) is 10.6 Å². The Hall–Kier alpha value is -3.18. The molecule has 0 saturated heterocycles. The zero-order chi connectivity index (χ0) is 22.1. The van der Waals surface area contributed by atoms with Crippen molar-refractivity contribution in [3.05, 3.63) is 105 Å². The van der Waals surface area contributed by atoms with Crippen molar-refractivity contribution in [1.29, 1.82) is 0 Å². The van der Waals surface area contributed by atoms with Gasteiger partial charge in [-0.15, -0.1) is 11.3 Å². The van der Waals surface area contributed by atoms with Crippen LogP contribution in [0.3, 0.4) is 0 Å². The highest BCUT2D eigenvalue weighted by Gasteiger charge is 2.20. The van der Waals surface area contributed by atoms with E-state index in [1.807, 2.05) is 66.7 Å². The van der Waals surface area contributed by atoms with E-state index in [4.69, 9.17) is 27.9 Å². The van der Waals surface area contributed by atoms with Gasteiger partial charge in [0.15, 0.2) is 0 Å². The number of thiophene rings is 1. The van der Waals surface area contributed by atoms with Gasteiger partial charge in [0, 0.05) is 26.9 Å². The quantitative estimate of drug-likeness (QED) is 0.149. The second-order valence-corrected chi connectivity index (χ2v) is 8.93. The van der Waals surface area contributed by atoms with Crippen LogP contribution in [-0.2, 0) is 0 Å². The molecule has 0 unspecified atom stereocenters. The van der Waals surface area contributed by atoms with Gasteiger partial charge in [-0.25, -0.2) is 4.79 Å². The monoisotopic (exact) mass is 475 g/mol. The van der Waals surface area contributed by atoms with Crippen molar-refractivity contribution in [2.24, 2.45) is 4.99 Å².